The summed E-state index contributed by atoms with van der Waals surface area (Å²) >= 11 is 1.27. The molecule has 2 rings (SSSR count). The van der Waals surface area contributed by atoms with Crippen molar-refractivity contribution in [1.82, 2.24) is 15.0 Å². The molecule has 5 nitrogen and oxygen atoms in total. The molecule has 0 spiro atoms. The van der Waals surface area contributed by atoms with Crippen LogP contribution in [0.25, 0.3) is 10.2 Å². The highest BCUT2D eigenvalue weighted by Gasteiger charge is 2.05. The molecule has 62 valence electrons. The molecule has 0 aromatic carbocycles. The maximum atomic E-state index is 11.4. The van der Waals surface area contributed by atoms with E-state index < -0.39 is 0 Å². The zero-order valence-corrected chi connectivity index (χ0v) is 7.13. The number of aryl methyl sites for hydroxylation is 1. The predicted molar refractivity (Wildman–Crippen MR) is 47.1 cm³/mol. The minimum atomic E-state index is -0.159. The highest BCUT2D eigenvalue weighted by Crippen LogP contribution is 2.21. The predicted octanol–water partition coefficient (Wildman–Crippen LogP) is -0.0278. The summed E-state index contributed by atoms with van der Waals surface area (Å²) in [6, 6.07) is 1.62. The van der Waals surface area contributed by atoms with Gasteiger partial charge in [-0.3, -0.25) is 4.79 Å². The number of nitrogens with zero attached hydrogens (tertiary/aromatic N) is 3. The van der Waals surface area contributed by atoms with Gasteiger partial charge >= 0.3 is 0 Å². The maximum absolute atomic E-state index is 11.4. The van der Waals surface area contributed by atoms with E-state index >= 15 is 0 Å². The summed E-state index contributed by atoms with van der Waals surface area (Å²) in [4.78, 5) is 11.9. The van der Waals surface area contributed by atoms with E-state index in [0.717, 1.165) is 0 Å². The van der Waals surface area contributed by atoms with E-state index in [-0.39, 0.29) is 5.56 Å². The first-order valence-corrected chi connectivity index (χ1v) is 4.09. The van der Waals surface area contributed by atoms with Crippen molar-refractivity contribution in [3.63, 3.8) is 0 Å². The van der Waals surface area contributed by atoms with Gasteiger partial charge in [-0.1, -0.05) is 16.6 Å². The number of hydrogen-bond donors (Lipinski definition) is 1. The number of hydrogen-bond acceptors (Lipinski definition) is 5. The molecule has 6 heteroatoms. The maximum Gasteiger partial charge on any atom is 0.278 e. The fourth-order valence-corrected chi connectivity index (χ4v) is 1.68. The molecule has 2 N–H and O–H groups in total. The van der Waals surface area contributed by atoms with E-state index in [2.05, 4.69) is 10.3 Å². The topological polar surface area (TPSA) is 73.8 Å². The fraction of sp³-hybridized carbons (Fsp3) is 0.167. The molecule has 0 aliphatic rings. The Hall–Kier alpha value is -1.43. The quantitative estimate of drug-likeness (QED) is 0.621. The van der Waals surface area contributed by atoms with Gasteiger partial charge in [-0.25, -0.2) is 4.68 Å². The van der Waals surface area contributed by atoms with Crippen molar-refractivity contribution in [2.24, 2.45) is 7.05 Å². The zero-order chi connectivity index (χ0) is 8.72. The first-order chi connectivity index (χ1) is 5.68. The molecular weight excluding hydrogens is 176 g/mol. The van der Waals surface area contributed by atoms with Crippen molar-refractivity contribution >= 4 is 26.6 Å². The number of anilines is 1. The van der Waals surface area contributed by atoms with E-state index in [0.29, 0.717) is 15.2 Å². The highest BCUT2D eigenvalue weighted by atomic mass is 32.1. The van der Waals surface area contributed by atoms with Gasteiger partial charge in [-0.05, 0) is 6.07 Å². The normalized spacial score (nSPS) is 10.8. The van der Waals surface area contributed by atoms with E-state index in [1.165, 1.54) is 16.0 Å². The third-order valence-electron chi connectivity index (χ3n) is 1.53. The highest BCUT2D eigenvalue weighted by molar-refractivity contribution is 7.22. The molecule has 2 aromatic rings. The fourth-order valence-electron chi connectivity index (χ4n) is 0.950. The molecule has 0 fully saturated rings. The average Bonchev–Trinajstić information content (AvgIpc) is 2.39. The number of nitrogen functional groups attached to an aromatic ring is 1. The number of aromatic nitrogens is 3. The van der Waals surface area contributed by atoms with Gasteiger partial charge in [0.15, 0.2) is 4.83 Å². The molecule has 2 aromatic heterocycles. The Morgan fingerprint density at radius 2 is 2.42 bits per heavy atom. The largest absolute Gasteiger partial charge is 0.391 e. The van der Waals surface area contributed by atoms with Crippen LogP contribution in [0.1, 0.15) is 0 Å². The van der Waals surface area contributed by atoms with E-state index in [1.54, 1.807) is 13.1 Å². The molecular formula is C6H6N4OS. The van der Waals surface area contributed by atoms with E-state index in [1.807, 2.05) is 0 Å². The summed E-state index contributed by atoms with van der Waals surface area (Å²) < 4.78 is 1.19. The van der Waals surface area contributed by atoms with Crippen LogP contribution in [0, 0.1) is 0 Å². The van der Waals surface area contributed by atoms with Gasteiger partial charge in [0.2, 0.25) is 0 Å². The first-order valence-electron chi connectivity index (χ1n) is 3.27. The third-order valence-corrected chi connectivity index (χ3v) is 2.37. The summed E-state index contributed by atoms with van der Waals surface area (Å²) in [5.74, 6) is 0. The Morgan fingerprint density at radius 3 is 3.17 bits per heavy atom. The minimum absolute atomic E-state index is 0.159. The van der Waals surface area contributed by atoms with Crippen molar-refractivity contribution in [3.05, 3.63) is 16.4 Å². The molecule has 0 aliphatic carbocycles. The summed E-state index contributed by atoms with van der Waals surface area (Å²) in [5.41, 5.74) is 5.35. The Morgan fingerprint density at radius 1 is 1.67 bits per heavy atom. The lowest BCUT2D eigenvalue weighted by molar-refractivity contribution is 0.658. The number of nitrogens with two attached hydrogens (primary N) is 1. The number of fused-ring (bicyclic) bond motifs is 1. The van der Waals surface area contributed by atoms with Crippen LogP contribution >= 0.6 is 11.3 Å². The summed E-state index contributed by atoms with van der Waals surface area (Å²) in [7, 11) is 1.56. The standard InChI is InChI=1S/C6H6N4OS/c1-10-6(11)3-2-4(7)12-5(3)8-9-10/h2H,7H2,1H3. The van der Waals surface area contributed by atoms with E-state index in [9.17, 15) is 4.79 Å². The molecule has 2 heterocycles. The molecule has 0 bridgehead atoms. The molecule has 12 heavy (non-hydrogen) atoms. The zero-order valence-electron chi connectivity index (χ0n) is 6.31. The summed E-state index contributed by atoms with van der Waals surface area (Å²) in [6.45, 7) is 0. The van der Waals surface area contributed by atoms with Crippen LogP contribution in [-0.2, 0) is 7.05 Å². The SMILES string of the molecule is Cn1nnc2sc(N)cc2c1=O. The van der Waals surface area contributed by atoms with Crippen LogP contribution < -0.4 is 11.3 Å². The molecule has 0 aliphatic heterocycles. The second-order valence-corrected chi connectivity index (χ2v) is 3.45. The van der Waals surface area contributed by atoms with Crippen molar-refractivity contribution in [2.45, 2.75) is 0 Å². The molecule has 0 amide bonds. The van der Waals surface area contributed by atoms with Crippen LogP contribution in [0.2, 0.25) is 0 Å². The van der Waals surface area contributed by atoms with Crippen molar-refractivity contribution in [2.75, 3.05) is 5.73 Å². The summed E-state index contributed by atoms with van der Waals surface area (Å²) in [6.07, 6.45) is 0. The lowest BCUT2D eigenvalue weighted by Gasteiger charge is -1.90. The van der Waals surface area contributed by atoms with Crippen molar-refractivity contribution in [1.29, 1.82) is 0 Å². The monoisotopic (exact) mass is 182 g/mol. The minimum Gasteiger partial charge on any atom is -0.391 e. The average molecular weight is 182 g/mol. The first kappa shape index (κ1) is 7.23. The molecule has 0 radical (unpaired) electrons. The van der Waals surface area contributed by atoms with Crippen LogP contribution in [0.3, 0.4) is 0 Å². The molecule has 0 unspecified atom stereocenters. The smallest absolute Gasteiger partial charge is 0.278 e. The van der Waals surface area contributed by atoms with Gasteiger partial charge in [0.05, 0.1) is 10.4 Å². The van der Waals surface area contributed by atoms with Gasteiger partial charge < -0.3 is 5.73 Å². The van der Waals surface area contributed by atoms with Crippen molar-refractivity contribution < 1.29 is 0 Å². The lowest BCUT2D eigenvalue weighted by Crippen LogP contribution is -2.19. The summed E-state index contributed by atoms with van der Waals surface area (Å²) in [5, 5.41) is 8.57. The number of thiophene rings is 1. The van der Waals surface area contributed by atoms with Crippen LogP contribution in [-0.4, -0.2) is 15.0 Å². The van der Waals surface area contributed by atoms with Crippen LogP contribution in [0.15, 0.2) is 10.9 Å². The molecule has 0 saturated carbocycles. The molecule has 0 atom stereocenters. The van der Waals surface area contributed by atoms with E-state index in [4.69, 9.17) is 5.73 Å². The number of rotatable bonds is 0. The lowest BCUT2D eigenvalue weighted by atomic mass is 10.4. The Kier molecular flexibility index (Phi) is 1.37. The second-order valence-electron chi connectivity index (χ2n) is 2.39. The third kappa shape index (κ3) is 0.884. The van der Waals surface area contributed by atoms with Gasteiger partial charge in [-0.2, -0.15) is 0 Å². The Balaban J connectivity index is 2.99. The van der Waals surface area contributed by atoms with Gasteiger partial charge in [0.1, 0.15) is 0 Å². The second kappa shape index (κ2) is 2.28. The molecule has 0 saturated heterocycles. The Bertz CT molecular complexity index is 486. The van der Waals surface area contributed by atoms with Crippen LogP contribution in [0.4, 0.5) is 5.00 Å². The Labute approximate surface area is 71.4 Å². The van der Waals surface area contributed by atoms with Crippen LogP contribution in [0.5, 0.6) is 0 Å². The van der Waals surface area contributed by atoms with Crippen molar-refractivity contribution in [3.8, 4) is 0 Å². The van der Waals surface area contributed by atoms with Gasteiger partial charge in [0.25, 0.3) is 5.56 Å². The van der Waals surface area contributed by atoms with Gasteiger partial charge in [-0.15, -0.1) is 5.10 Å². The van der Waals surface area contributed by atoms with Gasteiger partial charge in [0, 0.05) is 7.05 Å².